The second-order valence-electron chi connectivity index (χ2n) is 7.03. The van der Waals surface area contributed by atoms with Gasteiger partial charge in [0.25, 0.3) is 0 Å². The van der Waals surface area contributed by atoms with E-state index in [1.165, 1.54) is 5.56 Å². The molecule has 0 N–H and O–H groups in total. The maximum absolute atomic E-state index is 12.2. The average Bonchev–Trinajstić information content (AvgIpc) is 2.64. The van der Waals surface area contributed by atoms with Crippen LogP contribution in [0.1, 0.15) is 32.3 Å². The number of carbonyl (C=O) groups excluding carboxylic acids is 1. The van der Waals surface area contributed by atoms with Crippen molar-refractivity contribution in [2.75, 3.05) is 18.0 Å². The molecule has 3 rings (SSSR count). The van der Waals surface area contributed by atoms with Crippen LogP contribution in [0.5, 0.6) is 0 Å². The number of nitrogens with zero attached hydrogens (tertiary/aromatic N) is 2. The number of para-hydroxylation sites is 1. The molecule has 1 unspecified atom stereocenters. The Labute approximate surface area is 151 Å². The van der Waals surface area contributed by atoms with E-state index in [4.69, 9.17) is 0 Å². The second kappa shape index (κ2) is 8.30. The maximum atomic E-state index is 12.2. The van der Waals surface area contributed by atoms with Crippen molar-refractivity contribution in [1.82, 2.24) is 4.90 Å². The van der Waals surface area contributed by atoms with Gasteiger partial charge < -0.3 is 9.80 Å². The molecule has 0 radical (unpaired) electrons. The first-order valence-electron chi connectivity index (χ1n) is 9.28. The van der Waals surface area contributed by atoms with E-state index < -0.39 is 0 Å². The molecule has 1 amide bonds. The summed E-state index contributed by atoms with van der Waals surface area (Å²) in [6, 6.07) is 21.6. The zero-order chi connectivity index (χ0) is 17.6. The molecule has 0 spiro atoms. The topological polar surface area (TPSA) is 23.6 Å². The first kappa shape index (κ1) is 17.7. The molecule has 1 aliphatic rings. The highest BCUT2D eigenvalue weighted by molar-refractivity contribution is 5.92. The Bertz CT molecular complexity index is 663. The van der Waals surface area contributed by atoms with Gasteiger partial charge in [-0.2, -0.15) is 0 Å². The summed E-state index contributed by atoms with van der Waals surface area (Å²) in [5.74, 6) is 0.141. The predicted octanol–water partition coefficient (Wildman–Crippen LogP) is 4.14. The van der Waals surface area contributed by atoms with E-state index in [0.29, 0.717) is 12.1 Å². The Balaban J connectivity index is 1.59. The lowest BCUT2D eigenvalue weighted by Gasteiger charge is -2.40. The Morgan fingerprint density at radius 1 is 1.04 bits per heavy atom. The number of benzene rings is 2. The standard InChI is InChI=1S/C22H28N2O/c1-18(17-20-9-5-3-6-10-20)23-15-13-22(14-16-23)24(19(2)25)21-11-7-4-8-12-21/h3-12,18,22H,13-17H2,1-2H3. The summed E-state index contributed by atoms with van der Waals surface area (Å²) in [7, 11) is 0. The van der Waals surface area contributed by atoms with Crippen molar-refractivity contribution in [1.29, 1.82) is 0 Å². The molecule has 0 saturated carbocycles. The molecule has 1 saturated heterocycles. The molecule has 3 nitrogen and oxygen atoms in total. The largest absolute Gasteiger partial charge is 0.310 e. The van der Waals surface area contributed by atoms with Gasteiger partial charge in [0.15, 0.2) is 0 Å². The third-order valence-corrected chi connectivity index (χ3v) is 5.24. The monoisotopic (exact) mass is 336 g/mol. The second-order valence-corrected chi connectivity index (χ2v) is 7.03. The first-order chi connectivity index (χ1) is 12.1. The molecule has 0 aromatic heterocycles. The fourth-order valence-electron chi connectivity index (χ4n) is 3.91. The van der Waals surface area contributed by atoms with Gasteiger partial charge in [-0.15, -0.1) is 0 Å². The van der Waals surface area contributed by atoms with Crippen molar-refractivity contribution in [2.45, 2.75) is 45.2 Å². The van der Waals surface area contributed by atoms with Crippen LogP contribution in [0, 0.1) is 0 Å². The Hall–Kier alpha value is -2.13. The van der Waals surface area contributed by atoms with Gasteiger partial charge in [0, 0.05) is 37.8 Å². The van der Waals surface area contributed by atoms with Crippen molar-refractivity contribution in [3.8, 4) is 0 Å². The highest BCUT2D eigenvalue weighted by Gasteiger charge is 2.28. The molecule has 0 aliphatic carbocycles. The molecule has 2 aromatic rings. The minimum Gasteiger partial charge on any atom is -0.310 e. The van der Waals surface area contributed by atoms with E-state index in [0.717, 1.165) is 38.0 Å². The minimum absolute atomic E-state index is 0.141. The van der Waals surface area contributed by atoms with E-state index in [1.807, 2.05) is 35.2 Å². The van der Waals surface area contributed by atoms with Gasteiger partial charge in [-0.3, -0.25) is 4.79 Å². The van der Waals surface area contributed by atoms with Gasteiger partial charge in [-0.25, -0.2) is 0 Å². The molecule has 1 fully saturated rings. The highest BCUT2D eigenvalue weighted by atomic mass is 16.2. The lowest BCUT2D eigenvalue weighted by atomic mass is 9.98. The van der Waals surface area contributed by atoms with Gasteiger partial charge in [0.2, 0.25) is 5.91 Å². The van der Waals surface area contributed by atoms with Crippen LogP contribution in [0.4, 0.5) is 5.69 Å². The number of likely N-dealkylation sites (tertiary alicyclic amines) is 1. The molecular formula is C22H28N2O. The number of amides is 1. The van der Waals surface area contributed by atoms with Crippen LogP contribution in [0.3, 0.4) is 0 Å². The predicted molar refractivity (Wildman–Crippen MR) is 104 cm³/mol. The zero-order valence-corrected chi connectivity index (χ0v) is 15.3. The summed E-state index contributed by atoms with van der Waals surface area (Å²) in [6.07, 6.45) is 3.15. The average molecular weight is 336 g/mol. The van der Waals surface area contributed by atoms with Crippen LogP contribution >= 0.6 is 0 Å². The van der Waals surface area contributed by atoms with Crippen molar-refractivity contribution < 1.29 is 4.79 Å². The molecule has 132 valence electrons. The van der Waals surface area contributed by atoms with Crippen LogP contribution in [0.2, 0.25) is 0 Å². The lowest BCUT2D eigenvalue weighted by Crippen LogP contribution is -2.49. The van der Waals surface area contributed by atoms with Crippen LogP contribution < -0.4 is 4.90 Å². The molecule has 1 aliphatic heterocycles. The third-order valence-electron chi connectivity index (χ3n) is 5.24. The van der Waals surface area contributed by atoms with Crippen molar-refractivity contribution >= 4 is 11.6 Å². The quantitative estimate of drug-likeness (QED) is 0.819. The summed E-state index contributed by atoms with van der Waals surface area (Å²) in [4.78, 5) is 16.8. The smallest absolute Gasteiger partial charge is 0.224 e. The number of piperidine rings is 1. The lowest BCUT2D eigenvalue weighted by molar-refractivity contribution is -0.117. The molecule has 3 heteroatoms. The number of hydrogen-bond acceptors (Lipinski definition) is 2. The van der Waals surface area contributed by atoms with Crippen LogP contribution in [0.15, 0.2) is 60.7 Å². The van der Waals surface area contributed by atoms with Gasteiger partial charge >= 0.3 is 0 Å². The number of anilines is 1. The molecule has 25 heavy (non-hydrogen) atoms. The Morgan fingerprint density at radius 2 is 1.60 bits per heavy atom. The van der Waals surface area contributed by atoms with Crippen molar-refractivity contribution in [2.24, 2.45) is 0 Å². The van der Waals surface area contributed by atoms with E-state index >= 15 is 0 Å². The zero-order valence-electron chi connectivity index (χ0n) is 15.3. The van der Waals surface area contributed by atoms with Crippen LogP contribution in [0.25, 0.3) is 0 Å². The summed E-state index contributed by atoms with van der Waals surface area (Å²) >= 11 is 0. The minimum atomic E-state index is 0.141. The number of rotatable bonds is 5. The fraction of sp³-hybridized carbons (Fsp3) is 0.409. The summed E-state index contributed by atoms with van der Waals surface area (Å²) in [6.45, 7) is 6.09. The summed E-state index contributed by atoms with van der Waals surface area (Å²) < 4.78 is 0. The number of hydrogen-bond donors (Lipinski definition) is 0. The van der Waals surface area contributed by atoms with Gasteiger partial charge in [-0.05, 0) is 43.9 Å². The molecule has 0 bridgehead atoms. The molecule has 1 atom stereocenters. The van der Waals surface area contributed by atoms with Crippen LogP contribution in [-0.4, -0.2) is 36.0 Å². The maximum Gasteiger partial charge on any atom is 0.224 e. The van der Waals surface area contributed by atoms with Crippen LogP contribution in [-0.2, 0) is 11.2 Å². The number of carbonyl (C=O) groups is 1. The SMILES string of the molecule is CC(=O)N(c1ccccc1)C1CCN(C(C)Cc2ccccc2)CC1. The molecule has 2 aromatic carbocycles. The fourth-order valence-corrected chi connectivity index (χ4v) is 3.91. The molecule has 1 heterocycles. The van der Waals surface area contributed by atoms with E-state index in [9.17, 15) is 4.79 Å². The first-order valence-corrected chi connectivity index (χ1v) is 9.28. The van der Waals surface area contributed by atoms with Gasteiger partial charge in [-0.1, -0.05) is 48.5 Å². The summed E-state index contributed by atoms with van der Waals surface area (Å²) in [5, 5.41) is 0. The van der Waals surface area contributed by atoms with Crippen molar-refractivity contribution in [3.05, 3.63) is 66.2 Å². The molecular weight excluding hydrogens is 308 g/mol. The van der Waals surface area contributed by atoms with E-state index in [1.54, 1.807) is 6.92 Å². The Kier molecular flexibility index (Phi) is 5.87. The third kappa shape index (κ3) is 4.49. The Morgan fingerprint density at radius 3 is 2.16 bits per heavy atom. The van der Waals surface area contributed by atoms with E-state index in [2.05, 4.69) is 42.2 Å². The van der Waals surface area contributed by atoms with E-state index in [-0.39, 0.29) is 5.91 Å². The summed E-state index contributed by atoms with van der Waals surface area (Å²) in [5.41, 5.74) is 2.41. The van der Waals surface area contributed by atoms with Gasteiger partial charge in [0.05, 0.1) is 0 Å². The normalized spacial score (nSPS) is 17.2. The highest BCUT2D eigenvalue weighted by Crippen LogP contribution is 2.25. The van der Waals surface area contributed by atoms with Gasteiger partial charge in [0.1, 0.15) is 0 Å². The van der Waals surface area contributed by atoms with Crippen molar-refractivity contribution in [3.63, 3.8) is 0 Å².